The Hall–Kier alpha value is -0.120. The average molecular weight is 215 g/mol. The lowest BCUT2D eigenvalue weighted by molar-refractivity contribution is -0.0676. The van der Waals surface area contributed by atoms with E-state index in [-0.39, 0.29) is 0 Å². The number of ether oxygens (including phenoxy) is 1. The van der Waals surface area contributed by atoms with Crippen LogP contribution in [-0.2, 0) is 4.74 Å². The molecule has 90 valence electrons. The first-order chi connectivity index (χ1) is 7.12. The van der Waals surface area contributed by atoms with Crippen molar-refractivity contribution >= 4 is 0 Å². The van der Waals surface area contributed by atoms with Gasteiger partial charge in [0, 0.05) is 26.8 Å². The van der Waals surface area contributed by atoms with Crippen molar-refractivity contribution < 1.29 is 9.84 Å². The van der Waals surface area contributed by atoms with Crippen LogP contribution in [0.1, 0.15) is 33.1 Å². The second-order valence-electron chi connectivity index (χ2n) is 4.72. The van der Waals surface area contributed by atoms with Crippen LogP contribution in [0.25, 0.3) is 0 Å². The van der Waals surface area contributed by atoms with Gasteiger partial charge in [-0.15, -0.1) is 0 Å². The minimum atomic E-state index is -0.454. The first-order valence-electron chi connectivity index (χ1n) is 6.06. The monoisotopic (exact) mass is 215 g/mol. The van der Waals surface area contributed by atoms with Crippen molar-refractivity contribution in [3.8, 4) is 0 Å². The van der Waals surface area contributed by atoms with Crippen LogP contribution in [-0.4, -0.2) is 49.0 Å². The normalized spacial score (nSPS) is 24.0. The van der Waals surface area contributed by atoms with Crippen LogP contribution < -0.4 is 0 Å². The van der Waals surface area contributed by atoms with Crippen LogP contribution in [0.4, 0.5) is 0 Å². The molecule has 1 fully saturated rings. The molecule has 0 aromatic rings. The second kappa shape index (κ2) is 5.83. The molecule has 0 aliphatic carbocycles. The number of aliphatic hydroxyl groups is 1. The molecule has 0 aromatic heterocycles. The third-order valence-corrected chi connectivity index (χ3v) is 3.84. The third kappa shape index (κ3) is 3.44. The van der Waals surface area contributed by atoms with E-state index in [0.29, 0.717) is 5.92 Å². The smallest absolute Gasteiger partial charge is 0.0698 e. The highest BCUT2D eigenvalue weighted by Crippen LogP contribution is 2.31. The lowest BCUT2D eigenvalue weighted by Crippen LogP contribution is -2.48. The lowest BCUT2D eigenvalue weighted by atomic mass is 9.79. The topological polar surface area (TPSA) is 32.7 Å². The van der Waals surface area contributed by atoms with E-state index >= 15 is 0 Å². The van der Waals surface area contributed by atoms with Gasteiger partial charge in [-0.05, 0) is 31.7 Å². The molecule has 1 unspecified atom stereocenters. The van der Waals surface area contributed by atoms with Crippen molar-refractivity contribution in [1.29, 1.82) is 0 Å². The maximum Gasteiger partial charge on any atom is 0.0698 e. The summed E-state index contributed by atoms with van der Waals surface area (Å²) >= 11 is 0. The van der Waals surface area contributed by atoms with Crippen LogP contribution >= 0.6 is 0 Å². The molecule has 0 spiro atoms. The Labute approximate surface area is 93.4 Å². The zero-order valence-electron chi connectivity index (χ0n) is 10.3. The SMILES string of the molecule is CCN1CCC(O)(C(C)CCOC)CC1. The summed E-state index contributed by atoms with van der Waals surface area (Å²) < 4.78 is 5.07. The second-order valence-corrected chi connectivity index (χ2v) is 4.72. The summed E-state index contributed by atoms with van der Waals surface area (Å²) in [6.45, 7) is 8.23. The Kier molecular flexibility index (Phi) is 5.03. The molecule has 0 bridgehead atoms. The van der Waals surface area contributed by atoms with Crippen molar-refractivity contribution in [1.82, 2.24) is 4.90 Å². The van der Waals surface area contributed by atoms with Gasteiger partial charge in [0.05, 0.1) is 5.60 Å². The summed E-state index contributed by atoms with van der Waals surface area (Å²) in [6.07, 6.45) is 2.77. The first kappa shape index (κ1) is 12.9. The summed E-state index contributed by atoms with van der Waals surface area (Å²) in [5.74, 6) is 0.344. The average Bonchev–Trinajstić information content (AvgIpc) is 2.27. The molecular weight excluding hydrogens is 190 g/mol. The van der Waals surface area contributed by atoms with Gasteiger partial charge in [0.25, 0.3) is 0 Å². The van der Waals surface area contributed by atoms with Gasteiger partial charge in [-0.3, -0.25) is 0 Å². The number of methoxy groups -OCH3 is 1. The Balaban J connectivity index is 2.39. The number of hydrogen-bond acceptors (Lipinski definition) is 3. The molecule has 0 saturated carbocycles. The van der Waals surface area contributed by atoms with E-state index in [4.69, 9.17) is 4.74 Å². The highest BCUT2D eigenvalue weighted by molar-refractivity contribution is 4.89. The molecule has 1 heterocycles. The molecule has 1 aliphatic rings. The maximum absolute atomic E-state index is 10.5. The minimum absolute atomic E-state index is 0.344. The van der Waals surface area contributed by atoms with Gasteiger partial charge in [-0.1, -0.05) is 13.8 Å². The van der Waals surface area contributed by atoms with Gasteiger partial charge < -0.3 is 14.7 Å². The number of likely N-dealkylation sites (tertiary alicyclic amines) is 1. The molecule has 1 rings (SSSR count). The summed E-state index contributed by atoms with van der Waals surface area (Å²) in [5, 5.41) is 10.5. The van der Waals surface area contributed by atoms with E-state index in [0.717, 1.165) is 45.5 Å². The molecule has 3 nitrogen and oxygen atoms in total. The number of nitrogens with zero attached hydrogens (tertiary/aromatic N) is 1. The largest absolute Gasteiger partial charge is 0.390 e. The fourth-order valence-electron chi connectivity index (χ4n) is 2.31. The lowest BCUT2D eigenvalue weighted by Gasteiger charge is -2.41. The molecule has 1 N–H and O–H groups in total. The first-order valence-corrected chi connectivity index (χ1v) is 6.06. The Bertz CT molecular complexity index is 176. The van der Waals surface area contributed by atoms with E-state index < -0.39 is 5.60 Å². The molecule has 1 aliphatic heterocycles. The predicted octanol–water partition coefficient (Wildman–Crippen LogP) is 1.51. The Morgan fingerprint density at radius 2 is 2.00 bits per heavy atom. The van der Waals surface area contributed by atoms with Crippen LogP contribution in [0.3, 0.4) is 0 Å². The van der Waals surface area contributed by atoms with Crippen molar-refractivity contribution in [3.05, 3.63) is 0 Å². The van der Waals surface area contributed by atoms with Gasteiger partial charge in [0.1, 0.15) is 0 Å². The zero-order chi connectivity index (χ0) is 11.3. The van der Waals surface area contributed by atoms with Gasteiger partial charge in [-0.2, -0.15) is 0 Å². The highest BCUT2D eigenvalue weighted by Gasteiger charge is 2.36. The predicted molar refractivity (Wildman–Crippen MR) is 62.0 cm³/mol. The molecular formula is C12H25NO2. The molecule has 0 amide bonds. The highest BCUT2D eigenvalue weighted by atomic mass is 16.5. The summed E-state index contributed by atoms with van der Waals surface area (Å²) in [4.78, 5) is 2.40. The van der Waals surface area contributed by atoms with Crippen molar-refractivity contribution in [3.63, 3.8) is 0 Å². The van der Waals surface area contributed by atoms with Crippen LogP contribution in [0.15, 0.2) is 0 Å². The molecule has 3 heteroatoms. The van der Waals surface area contributed by atoms with Crippen molar-refractivity contribution in [2.24, 2.45) is 5.92 Å². The standard InChI is InChI=1S/C12H25NO2/c1-4-13-8-6-12(14,7-9-13)11(2)5-10-15-3/h11,14H,4-10H2,1-3H3. The van der Waals surface area contributed by atoms with Gasteiger partial charge in [0.2, 0.25) is 0 Å². The molecule has 0 aromatic carbocycles. The zero-order valence-corrected chi connectivity index (χ0v) is 10.3. The molecule has 0 radical (unpaired) electrons. The summed E-state index contributed by atoms with van der Waals surface area (Å²) in [7, 11) is 1.72. The van der Waals surface area contributed by atoms with Gasteiger partial charge >= 0.3 is 0 Å². The van der Waals surface area contributed by atoms with Crippen molar-refractivity contribution in [2.75, 3.05) is 33.4 Å². The fourth-order valence-corrected chi connectivity index (χ4v) is 2.31. The van der Waals surface area contributed by atoms with Crippen LogP contribution in [0, 0.1) is 5.92 Å². The third-order valence-electron chi connectivity index (χ3n) is 3.84. The number of hydrogen-bond donors (Lipinski definition) is 1. The van der Waals surface area contributed by atoms with Gasteiger partial charge in [0.15, 0.2) is 0 Å². The van der Waals surface area contributed by atoms with Crippen LogP contribution in [0.5, 0.6) is 0 Å². The van der Waals surface area contributed by atoms with E-state index in [9.17, 15) is 5.11 Å². The quantitative estimate of drug-likeness (QED) is 0.754. The van der Waals surface area contributed by atoms with E-state index in [1.54, 1.807) is 7.11 Å². The Morgan fingerprint density at radius 3 is 2.47 bits per heavy atom. The summed E-state index contributed by atoms with van der Waals surface area (Å²) in [6, 6.07) is 0. The Morgan fingerprint density at radius 1 is 1.40 bits per heavy atom. The molecule has 1 atom stereocenters. The van der Waals surface area contributed by atoms with E-state index in [2.05, 4.69) is 18.7 Å². The van der Waals surface area contributed by atoms with E-state index in [1.807, 2.05) is 0 Å². The number of rotatable bonds is 5. The molecule has 1 saturated heterocycles. The van der Waals surface area contributed by atoms with E-state index in [1.165, 1.54) is 0 Å². The van der Waals surface area contributed by atoms with Crippen LogP contribution in [0.2, 0.25) is 0 Å². The maximum atomic E-state index is 10.5. The molecule has 15 heavy (non-hydrogen) atoms. The summed E-state index contributed by atoms with van der Waals surface area (Å²) in [5.41, 5.74) is -0.454. The number of piperidine rings is 1. The van der Waals surface area contributed by atoms with Crippen molar-refractivity contribution in [2.45, 2.75) is 38.7 Å². The fraction of sp³-hybridized carbons (Fsp3) is 1.00. The van der Waals surface area contributed by atoms with Gasteiger partial charge in [-0.25, -0.2) is 0 Å². The minimum Gasteiger partial charge on any atom is -0.390 e.